The predicted octanol–water partition coefficient (Wildman–Crippen LogP) is 2.70. The van der Waals surface area contributed by atoms with E-state index in [4.69, 9.17) is 9.68 Å². The number of hydrogen-bond acceptors (Lipinski definition) is 3. The van der Waals surface area contributed by atoms with Crippen molar-refractivity contribution in [3.05, 3.63) is 42.5 Å². The maximum absolute atomic E-state index is 9.12. The first-order valence-electron chi connectivity index (χ1n) is 5.19. The molecule has 0 aliphatic carbocycles. The van der Waals surface area contributed by atoms with Crippen molar-refractivity contribution >= 4 is 11.0 Å². The Morgan fingerprint density at radius 2 is 2.18 bits per heavy atom. The average molecular weight is 223 g/mol. The van der Waals surface area contributed by atoms with Crippen LogP contribution >= 0.6 is 0 Å². The molecule has 17 heavy (non-hydrogen) atoms. The lowest BCUT2D eigenvalue weighted by Gasteiger charge is -1.95. The molecule has 0 radical (unpaired) electrons. The topological polar surface area (TPSA) is 54.8 Å². The maximum Gasteiger partial charge on any atom is 0.147 e. The number of furan rings is 1. The Labute approximate surface area is 97.7 Å². The fourth-order valence-electron chi connectivity index (χ4n) is 1.92. The molecule has 2 aromatic heterocycles. The van der Waals surface area contributed by atoms with Crippen LogP contribution in [-0.4, -0.2) is 9.55 Å². The van der Waals surface area contributed by atoms with Crippen LogP contribution in [0.3, 0.4) is 0 Å². The van der Waals surface area contributed by atoms with Crippen LogP contribution in [-0.2, 0) is 7.05 Å². The first kappa shape index (κ1) is 9.67. The maximum atomic E-state index is 9.12. The highest BCUT2D eigenvalue weighted by Crippen LogP contribution is 2.30. The fraction of sp³-hybridized carbons (Fsp3) is 0.0769. The summed E-state index contributed by atoms with van der Waals surface area (Å²) >= 11 is 0. The van der Waals surface area contributed by atoms with Gasteiger partial charge in [0.15, 0.2) is 0 Å². The molecule has 0 spiro atoms. The molecule has 3 aromatic rings. The van der Waals surface area contributed by atoms with Crippen LogP contribution in [0, 0.1) is 11.3 Å². The second-order valence-corrected chi connectivity index (χ2v) is 3.81. The summed E-state index contributed by atoms with van der Waals surface area (Å²) in [7, 11) is 1.80. The van der Waals surface area contributed by atoms with Crippen LogP contribution < -0.4 is 0 Å². The molecule has 0 aliphatic heterocycles. The summed E-state index contributed by atoms with van der Waals surface area (Å²) in [6.45, 7) is 0. The summed E-state index contributed by atoms with van der Waals surface area (Å²) in [4.78, 5) is 4.26. The lowest BCUT2D eigenvalue weighted by molar-refractivity contribution is 0.617. The van der Waals surface area contributed by atoms with Crippen molar-refractivity contribution in [1.82, 2.24) is 9.55 Å². The monoisotopic (exact) mass is 223 g/mol. The van der Waals surface area contributed by atoms with Crippen molar-refractivity contribution in [3.63, 3.8) is 0 Å². The van der Waals surface area contributed by atoms with Gasteiger partial charge in [-0.05, 0) is 6.07 Å². The molecule has 1 aromatic carbocycles. The molecule has 2 heterocycles. The molecule has 3 rings (SSSR count). The molecule has 0 N–H and O–H groups in total. The van der Waals surface area contributed by atoms with Crippen molar-refractivity contribution in [2.45, 2.75) is 0 Å². The Morgan fingerprint density at radius 1 is 1.35 bits per heavy atom. The third-order valence-electron chi connectivity index (χ3n) is 2.78. The quantitative estimate of drug-likeness (QED) is 0.637. The number of aromatic nitrogens is 2. The van der Waals surface area contributed by atoms with Crippen LogP contribution in [0.1, 0.15) is 5.69 Å². The van der Waals surface area contributed by atoms with E-state index in [2.05, 4.69) is 11.1 Å². The minimum Gasteiger partial charge on any atom is -0.464 e. The summed E-state index contributed by atoms with van der Waals surface area (Å²) in [5.41, 5.74) is 2.87. The number of benzene rings is 1. The van der Waals surface area contributed by atoms with E-state index in [1.807, 2.05) is 24.3 Å². The second-order valence-electron chi connectivity index (χ2n) is 3.81. The van der Waals surface area contributed by atoms with Gasteiger partial charge in [0.25, 0.3) is 0 Å². The molecule has 4 nitrogen and oxygen atoms in total. The van der Waals surface area contributed by atoms with E-state index in [1.54, 1.807) is 24.2 Å². The number of rotatable bonds is 1. The highest BCUT2D eigenvalue weighted by molar-refractivity contribution is 5.93. The first-order valence-corrected chi connectivity index (χ1v) is 5.19. The largest absolute Gasteiger partial charge is 0.464 e. The van der Waals surface area contributed by atoms with Gasteiger partial charge >= 0.3 is 0 Å². The van der Waals surface area contributed by atoms with E-state index in [1.165, 1.54) is 0 Å². The van der Waals surface area contributed by atoms with Crippen LogP contribution in [0.5, 0.6) is 0 Å². The molecule has 0 unspecified atom stereocenters. The summed E-state index contributed by atoms with van der Waals surface area (Å²) in [5, 5.41) is 10.1. The van der Waals surface area contributed by atoms with Crippen LogP contribution in [0.25, 0.3) is 22.2 Å². The van der Waals surface area contributed by atoms with Crippen molar-refractivity contribution in [1.29, 1.82) is 5.26 Å². The number of nitrogens with zero attached hydrogens (tertiary/aromatic N) is 3. The minimum atomic E-state index is 0.538. The van der Waals surface area contributed by atoms with Gasteiger partial charge in [-0.15, -0.1) is 0 Å². The third kappa shape index (κ3) is 1.33. The van der Waals surface area contributed by atoms with Crippen molar-refractivity contribution in [2.24, 2.45) is 7.05 Å². The van der Waals surface area contributed by atoms with Crippen molar-refractivity contribution in [2.75, 3.05) is 0 Å². The lowest BCUT2D eigenvalue weighted by Crippen LogP contribution is -1.90. The second kappa shape index (κ2) is 3.49. The van der Waals surface area contributed by atoms with Gasteiger partial charge in [0.1, 0.15) is 29.3 Å². The van der Waals surface area contributed by atoms with Gasteiger partial charge in [0.2, 0.25) is 0 Å². The minimum absolute atomic E-state index is 0.538. The Hall–Kier alpha value is -2.54. The molecule has 0 saturated heterocycles. The van der Waals surface area contributed by atoms with E-state index in [-0.39, 0.29) is 0 Å². The van der Waals surface area contributed by atoms with Crippen molar-refractivity contribution in [3.8, 4) is 17.3 Å². The Bertz CT molecular complexity index is 731. The number of aryl methyl sites for hydroxylation is 1. The zero-order chi connectivity index (χ0) is 11.8. The molecule has 0 aliphatic rings. The molecular formula is C13H9N3O. The van der Waals surface area contributed by atoms with Gasteiger partial charge < -0.3 is 8.98 Å². The smallest absolute Gasteiger partial charge is 0.147 e. The molecule has 0 amide bonds. The number of para-hydroxylation sites is 1. The molecule has 82 valence electrons. The molecule has 4 heteroatoms. The number of hydrogen-bond donors (Lipinski definition) is 0. The van der Waals surface area contributed by atoms with E-state index < -0.39 is 0 Å². The van der Waals surface area contributed by atoms with Gasteiger partial charge in [0.05, 0.1) is 6.33 Å². The van der Waals surface area contributed by atoms with Crippen LogP contribution in [0.15, 0.2) is 41.3 Å². The molecular weight excluding hydrogens is 214 g/mol. The number of fused-ring (bicyclic) bond motifs is 1. The summed E-state index contributed by atoms with van der Waals surface area (Å²) in [5.74, 6) is 0. The normalized spacial score (nSPS) is 10.6. The number of nitriles is 1. The molecule has 0 bridgehead atoms. The van der Waals surface area contributed by atoms with E-state index in [0.717, 1.165) is 16.5 Å². The van der Waals surface area contributed by atoms with E-state index in [0.29, 0.717) is 11.4 Å². The standard InChI is InChI=1S/C13H9N3O/c1-16-8-15-13(11(16)6-14)10-7-17-12-5-3-2-4-9(10)12/h2-5,7-8H,1H3. The Kier molecular flexibility index (Phi) is 1.99. The summed E-state index contributed by atoms with van der Waals surface area (Å²) < 4.78 is 7.16. The first-order chi connectivity index (χ1) is 8.31. The Balaban J connectivity index is 2.32. The van der Waals surface area contributed by atoms with Gasteiger partial charge in [-0.1, -0.05) is 18.2 Å². The predicted molar refractivity (Wildman–Crippen MR) is 63.1 cm³/mol. The lowest BCUT2D eigenvalue weighted by atomic mass is 10.1. The SMILES string of the molecule is Cn1cnc(-c2coc3ccccc23)c1C#N. The third-order valence-corrected chi connectivity index (χ3v) is 2.78. The molecule has 0 atom stereocenters. The van der Waals surface area contributed by atoms with Gasteiger partial charge in [-0.2, -0.15) is 5.26 Å². The van der Waals surface area contributed by atoms with Gasteiger partial charge in [-0.3, -0.25) is 0 Å². The number of imidazole rings is 1. The zero-order valence-corrected chi connectivity index (χ0v) is 9.21. The van der Waals surface area contributed by atoms with Crippen molar-refractivity contribution < 1.29 is 4.42 Å². The average Bonchev–Trinajstić information content (AvgIpc) is 2.92. The van der Waals surface area contributed by atoms with Crippen LogP contribution in [0.4, 0.5) is 0 Å². The zero-order valence-electron chi connectivity index (χ0n) is 9.21. The van der Waals surface area contributed by atoms with E-state index >= 15 is 0 Å². The molecule has 0 fully saturated rings. The van der Waals surface area contributed by atoms with Gasteiger partial charge in [0, 0.05) is 18.0 Å². The summed E-state index contributed by atoms with van der Waals surface area (Å²) in [6, 6.07) is 9.87. The summed E-state index contributed by atoms with van der Waals surface area (Å²) in [6.07, 6.45) is 3.28. The fourth-order valence-corrected chi connectivity index (χ4v) is 1.92. The Morgan fingerprint density at radius 3 is 3.00 bits per heavy atom. The van der Waals surface area contributed by atoms with Gasteiger partial charge in [-0.25, -0.2) is 4.98 Å². The highest BCUT2D eigenvalue weighted by Gasteiger charge is 2.15. The highest BCUT2D eigenvalue weighted by atomic mass is 16.3. The van der Waals surface area contributed by atoms with Crippen LogP contribution in [0.2, 0.25) is 0 Å². The molecule has 0 saturated carbocycles. The van der Waals surface area contributed by atoms with E-state index in [9.17, 15) is 0 Å².